The minimum atomic E-state index is -1.66. The minimum Gasteiger partial charge on any atom is -0.481 e. The van der Waals surface area contributed by atoms with Crippen molar-refractivity contribution < 1.29 is 18.7 Å². The number of hydrogen-bond acceptors (Lipinski definition) is 1. The van der Waals surface area contributed by atoms with Crippen LogP contribution in [-0.2, 0) is 11.2 Å². The van der Waals surface area contributed by atoms with Crippen molar-refractivity contribution >= 4 is 25.4 Å². The fraction of sp³-hybridized carbons (Fsp3) is 0.286. The van der Waals surface area contributed by atoms with Gasteiger partial charge in [0.2, 0.25) is 0 Å². The van der Waals surface area contributed by atoms with E-state index in [1.165, 1.54) is 0 Å². The molecule has 2 N–H and O–H groups in total. The van der Waals surface area contributed by atoms with Gasteiger partial charge in [0, 0.05) is 36.0 Å². The first-order chi connectivity index (χ1) is 9.51. The molecular weight excluding hydrogens is 258 g/mol. The van der Waals surface area contributed by atoms with E-state index in [2.05, 4.69) is 4.98 Å². The van der Waals surface area contributed by atoms with Crippen LogP contribution in [0.1, 0.15) is 31.7 Å². The van der Waals surface area contributed by atoms with E-state index in [0.29, 0.717) is 6.42 Å². The second kappa shape index (κ2) is 5.90. The zero-order valence-corrected chi connectivity index (χ0v) is 11.9. The molecule has 0 saturated heterocycles. The number of rotatable bonds is 5. The molecule has 0 amide bonds. The molecule has 4 nitrogen and oxygen atoms in total. The molecule has 0 aliphatic carbocycles. The van der Waals surface area contributed by atoms with Gasteiger partial charge in [-0.15, -0.1) is 0 Å². The first-order valence-corrected chi connectivity index (χ1v) is 6.72. The van der Waals surface area contributed by atoms with Crippen molar-refractivity contribution in [3.63, 3.8) is 0 Å². The number of aliphatic carboxylic acids is 1. The minimum absolute atomic E-state index is 0.102. The van der Waals surface area contributed by atoms with Crippen LogP contribution in [0.2, 0.25) is 0 Å². The number of aryl methyl sites for hydroxylation is 1. The predicted octanol–water partition coefficient (Wildman–Crippen LogP) is 1.77. The van der Waals surface area contributed by atoms with Crippen LogP contribution in [0.15, 0.2) is 29.5 Å². The third-order valence-electron chi connectivity index (χ3n) is 3.56. The highest BCUT2D eigenvalue weighted by Crippen LogP contribution is 2.21. The summed E-state index contributed by atoms with van der Waals surface area (Å²) in [6, 6.07) is 3.76. The SMILES string of the molecule is CC1=CC(C)=[N+]([BH2-]F)/C1=C\c1ccc(CCC(=O)O)[nH]1. The van der Waals surface area contributed by atoms with Crippen LogP contribution in [0.3, 0.4) is 0 Å². The molecule has 2 rings (SSSR count). The molecule has 0 atom stereocenters. The number of hydrogen-bond donors (Lipinski definition) is 2. The molecule has 0 saturated carbocycles. The number of carboxylic acid groups (broad SMARTS) is 1. The van der Waals surface area contributed by atoms with Crippen LogP contribution in [-0.4, -0.2) is 33.9 Å². The Bertz CT molecular complexity index is 629. The Hall–Kier alpha value is -2.11. The van der Waals surface area contributed by atoms with E-state index in [-0.39, 0.29) is 6.42 Å². The van der Waals surface area contributed by atoms with Gasteiger partial charge in [-0.3, -0.25) is 4.79 Å². The van der Waals surface area contributed by atoms with Crippen LogP contribution >= 0.6 is 0 Å². The maximum Gasteiger partial charge on any atom is 0.413 e. The summed E-state index contributed by atoms with van der Waals surface area (Å²) in [5, 5.41) is 8.66. The molecule has 0 aromatic carbocycles. The first-order valence-electron chi connectivity index (χ1n) is 6.72. The molecule has 1 aliphatic rings. The highest BCUT2D eigenvalue weighted by molar-refractivity contribution is 6.19. The van der Waals surface area contributed by atoms with Crippen LogP contribution in [0, 0.1) is 0 Å². The summed E-state index contributed by atoms with van der Waals surface area (Å²) in [4.78, 5) is 13.7. The number of halogens is 1. The maximum absolute atomic E-state index is 13.2. The van der Waals surface area contributed by atoms with Gasteiger partial charge < -0.3 is 18.9 Å². The number of aromatic amines is 1. The van der Waals surface area contributed by atoms with E-state index < -0.39 is 13.7 Å². The number of carbonyl (C=O) groups is 1. The molecular formula is C14H18BFN2O2. The van der Waals surface area contributed by atoms with Crippen LogP contribution in [0.4, 0.5) is 4.32 Å². The van der Waals surface area contributed by atoms with Gasteiger partial charge in [0.25, 0.3) is 0 Å². The Balaban J connectivity index is 2.19. The van der Waals surface area contributed by atoms with Gasteiger partial charge in [0.05, 0.1) is 6.42 Å². The third-order valence-corrected chi connectivity index (χ3v) is 3.56. The van der Waals surface area contributed by atoms with E-state index in [1.54, 1.807) is 4.49 Å². The summed E-state index contributed by atoms with van der Waals surface area (Å²) in [5.74, 6) is -0.812. The molecule has 106 valence electrons. The topological polar surface area (TPSA) is 56.1 Å². The van der Waals surface area contributed by atoms with Gasteiger partial charge in [-0.1, -0.05) is 0 Å². The van der Waals surface area contributed by atoms with Gasteiger partial charge in [0.15, 0.2) is 5.70 Å². The van der Waals surface area contributed by atoms with E-state index >= 15 is 0 Å². The molecule has 20 heavy (non-hydrogen) atoms. The summed E-state index contributed by atoms with van der Waals surface area (Å²) < 4.78 is 14.9. The molecule has 0 fully saturated rings. The molecule has 0 radical (unpaired) electrons. The predicted molar refractivity (Wildman–Crippen MR) is 79.1 cm³/mol. The molecule has 0 bridgehead atoms. The Morgan fingerprint density at radius 1 is 1.50 bits per heavy atom. The quantitative estimate of drug-likeness (QED) is 0.805. The summed E-state index contributed by atoms with van der Waals surface area (Å²) in [7, 11) is -1.66. The largest absolute Gasteiger partial charge is 0.481 e. The van der Waals surface area contributed by atoms with Crippen LogP contribution in [0.5, 0.6) is 0 Å². The van der Waals surface area contributed by atoms with Crippen molar-refractivity contribution in [2.24, 2.45) is 0 Å². The number of aromatic nitrogens is 1. The average molecular weight is 276 g/mol. The highest BCUT2D eigenvalue weighted by atomic mass is 19.1. The molecule has 2 heterocycles. The Morgan fingerprint density at radius 2 is 2.25 bits per heavy atom. The lowest BCUT2D eigenvalue weighted by molar-refractivity contribution is -0.319. The van der Waals surface area contributed by atoms with Gasteiger partial charge in [0.1, 0.15) is 5.71 Å². The lowest BCUT2D eigenvalue weighted by Crippen LogP contribution is -2.14. The summed E-state index contributed by atoms with van der Waals surface area (Å²) in [5.41, 5.74) is 4.62. The van der Waals surface area contributed by atoms with Crippen LogP contribution in [0.25, 0.3) is 6.08 Å². The first kappa shape index (κ1) is 14.3. The molecule has 1 aliphatic heterocycles. The Kier molecular flexibility index (Phi) is 4.22. The zero-order valence-electron chi connectivity index (χ0n) is 11.9. The van der Waals surface area contributed by atoms with Gasteiger partial charge in [-0.05, 0) is 25.5 Å². The van der Waals surface area contributed by atoms with E-state index in [4.69, 9.17) is 5.11 Å². The van der Waals surface area contributed by atoms with Crippen molar-refractivity contribution in [2.45, 2.75) is 26.7 Å². The lowest BCUT2D eigenvalue weighted by atomic mass is 10.1. The monoisotopic (exact) mass is 276 g/mol. The van der Waals surface area contributed by atoms with Gasteiger partial charge in [-0.25, -0.2) is 0 Å². The summed E-state index contributed by atoms with van der Waals surface area (Å²) in [6.45, 7) is 3.87. The smallest absolute Gasteiger partial charge is 0.413 e. The fourth-order valence-corrected chi connectivity index (χ4v) is 2.45. The second-order valence-corrected chi connectivity index (χ2v) is 5.06. The van der Waals surface area contributed by atoms with Crippen molar-refractivity contribution in [1.82, 2.24) is 4.98 Å². The van der Waals surface area contributed by atoms with Crippen molar-refractivity contribution in [1.29, 1.82) is 0 Å². The summed E-state index contributed by atoms with van der Waals surface area (Å²) in [6.07, 6.45) is 4.46. The molecule has 1 aromatic rings. The molecule has 0 spiro atoms. The van der Waals surface area contributed by atoms with E-state index in [1.807, 2.05) is 38.1 Å². The average Bonchev–Trinajstić information content (AvgIpc) is 2.93. The summed E-state index contributed by atoms with van der Waals surface area (Å²) >= 11 is 0. The Labute approximate surface area is 117 Å². The van der Waals surface area contributed by atoms with Crippen LogP contribution < -0.4 is 0 Å². The van der Waals surface area contributed by atoms with Gasteiger partial charge >= 0.3 is 13.7 Å². The van der Waals surface area contributed by atoms with Crippen molar-refractivity contribution in [2.75, 3.05) is 0 Å². The lowest BCUT2D eigenvalue weighted by Gasteiger charge is -2.06. The molecule has 1 aromatic heterocycles. The Morgan fingerprint density at radius 3 is 2.90 bits per heavy atom. The number of H-pyrrole nitrogens is 1. The molecule has 0 unspecified atom stereocenters. The number of allylic oxidation sites excluding steroid dienone is 2. The third kappa shape index (κ3) is 3.07. The fourth-order valence-electron chi connectivity index (χ4n) is 2.45. The highest BCUT2D eigenvalue weighted by Gasteiger charge is 2.19. The standard InChI is InChI=1S/C14H18BFN2O2/c1-9-7-10(2)18(15-16)13(9)8-12-4-3-11(17-12)5-6-14(19)20/h3-4,7-8,17H,5-6,15H2,1-2H3,(H,19,20)/b13-8-. The number of nitrogens with one attached hydrogen (secondary N) is 1. The van der Waals surface area contributed by atoms with Crippen molar-refractivity contribution in [3.8, 4) is 0 Å². The normalized spacial score (nSPS) is 16.9. The second-order valence-electron chi connectivity index (χ2n) is 5.06. The van der Waals surface area contributed by atoms with Crippen molar-refractivity contribution in [3.05, 3.63) is 40.9 Å². The maximum atomic E-state index is 13.2. The van der Waals surface area contributed by atoms with E-state index in [9.17, 15) is 9.11 Å². The van der Waals surface area contributed by atoms with E-state index in [0.717, 1.165) is 28.4 Å². The zero-order chi connectivity index (χ0) is 14.7. The number of carboxylic acids is 1. The van der Waals surface area contributed by atoms with Gasteiger partial charge in [-0.2, -0.15) is 0 Å². The molecule has 6 heteroatoms. The number of nitrogens with zero attached hydrogens (tertiary/aromatic N) is 1.